The maximum absolute atomic E-state index is 13.6. The van der Waals surface area contributed by atoms with E-state index in [1.54, 1.807) is 47.6 Å². The second kappa shape index (κ2) is 10.2. The van der Waals surface area contributed by atoms with Gasteiger partial charge in [0.2, 0.25) is 5.91 Å². The molecular weight excluding hydrogens is 559 g/mol. The topological polar surface area (TPSA) is 96.2 Å². The number of alkyl halides is 3. The Balaban J connectivity index is 1.27. The number of hydrogen-bond acceptors (Lipinski definition) is 6. The van der Waals surface area contributed by atoms with Gasteiger partial charge < -0.3 is 15.1 Å². The first-order chi connectivity index (χ1) is 19.7. The number of anilines is 1. The van der Waals surface area contributed by atoms with Gasteiger partial charge in [0.25, 0.3) is 5.91 Å². The number of halogens is 4. The highest BCUT2D eigenvalue weighted by Gasteiger charge is 2.51. The Morgan fingerprint density at radius 3 is 2.29 bits per heavy atom. The van der Waals surface area contributed by atoms with E-state index in [1.807, 2.05) is 17.0 Å². The number of nitrogens with one attached hydrogen (secondary N) is 1. The third kappa shape index (κ3) is 4.88. The fourth-order valence-electron chi connectivity index (χ4n) is 5.38. The van der Waals surface area contributed by atoms with Crippen LogP contribution in [0.15, 0.2) is 73.2 Å². The Morgan fingerprint density at radius 2 is 1.66 bits per heavy atom. The number of amides is 2. The molecule has 5 heterocycles. The molecule has 2 fully saturated rings. The van der Waals surface area contributed by atoms with E-state index >= 15 is 0 Å². The maximum atomic E-state index is 13.6. The summed E-state index contributed by atoms with van der Waals surface area (Å²) in [6, 6.07) is 14.4. The van der Waals surface area contributed by atoms with E-state index < -0.39 is 17.4 Å². The highest BCUT2D eigenvalue weighted by atomic mass is 35.5. The first kappa shape index (κ1) is 26.8. The molecular formula is C28H23ClF3N7O2. The summed E-state index contributed by atoms with van der Waals surface area (Å²) in [5, 5.41) is 8.01. The van der Waals surface area contributed by atoms with Gasteiger partial charge in [-0.3, -0.25) is 14.6 Å². The summed E-state index contributed by atoms with van der Waals surface area (Å²) in [7, 11) is 0. The van der Waals surface area contributed by atoms with Gasteiger partial charge >= 0.3 is 6.18 Å². The number of rotatable bonds is 4. The van der Waals surface area contributed by atoms with E-state index in [9.17, 15) is 22.8 Å². The molecule has 0 atom stereocenters. The van der Waals surface area contributed by atoms with E-state index in [0.29, 0.717) is 48.9 Å². The van der Waals surface area contributed by atoms with Crippen molar-refractivity contribution in [1.82, 2.24) is 30.0 Å². The molecule has 4 aromatic rings. The number of hydrogen-bond donors (Lipinski definition) is 1. The second-order valence-corrected chi connectivity index (χ2v) is 10.3. The molecule has 2 amide bonds. The maximum Gasteiger partial charge on any atom is 0.433 e. The Kier molecular flexibility index (Phi) is 6.65. The van der Waals surface area contributed by atoms with Crippen LogP contribution in [-0.2, 0) is 11.0 Å². The van der Waals surface area contributed by atoms with Crippen molar-refractivity contribution in [2.75, 3.05) is 24.7 Å². The number of aromatic nitrogens is 4. The van der Waals surface area contributed by atoms with E-state index in [4.69, 9.17) is 11.6 Å². The summed E-state index contributed by atoms with van der Waals surface area (Å²) in [6.45, 7) is 0.987. The van der Waals surface area contributed by atoms with Crippen molar-refractivity contribution in [3.05, 3.63) is 89.6 Å². The average Bonchev–Trinajstić information content (AvgIpc) is 3.56. The molecule has 0 aliphatic carbocycles. The van der Waals surface area contributed by atoms with Crippen molar-refractivity contribution in [3.8, 4) is 16.9 Å². The molecule has 0 radical (unpaired) electrons. The summed E-state index contributed by atoms with van der Waals surface area (Å²) < 4.78 is 40.6. The predicted octanol–water partition coefficient (Wildman–Crippen LogP) is 4.57. The highest BCUT2D eigenvalue weighted by molar-refractivity contribution is 6.30. The summed E-state index contributed by atoms with van der Waals surface area (Å²) in [5.74, 6) is -0.427. The van der Waals surface area contributed by atoms with Crippen LogP contribution in [0.3, 0.4) is 0 Å². The minimum absolute atomic E-state index is 0.0846. The summed E-state index contributed by atoms with van der Waals surface area (Å²) in [4.78, 5) is 37.9. The third-order valence-electron chi connectivity index (χ3n) is 7.54. The number of likely N-dealkylation sites (tertiary alicyclic amines) is 1. The quantitative estimate of drug-likeness (QED) is 0.379. The van der Waals surface area contributed by atoms with Crippen molar-refractivity contribution in [2.24, 2.45) is 0 Å². The average molecular weight is 582 g/mol. The molecule has 41 heavy (non-hydrogen) atoms. The smallest absolute Gasteiger partial charge is 0.339 e. The Hall–Kier alpha value is -4.45. The van der Waals surface area contributed by atoms with Crippen LogP contribution in [0.1, 0.15) is 29.0 Å². The van der Waals surface area contributed by atoms with E-state index in [-0.39, 0.29) is 23.2 Å². The SMILES string of the molecule is O=C(c1cc(-c2ccncc2)n(-c2ccc(C(F)(F)F)nc2)n1)N1CCC2(CC1)C(=O)NCN2c1ccc(Cl)cc1. The Morgan fingerprint density at radius 1 is 0.976 bits per heavy atom. The number of pyridine rings is 2. The van der Waals surface area contributed by atoms with Gasteiger partial charge in [-0.2, -0.15) is 18.3 Å². The summed E-state index contributed by atoms with van der Waals surface area (Å²) >= 11 is 6.05. The molecule has 1 N–H and O–H groups in total. The number of piperidine rings is 1. The zero-order chi connectivity index (χ0) is 28.8. The Bertz CT molecular complexity index is 1580. The molecule has 1 spiro atoms. The number of carbonyl (C=O) groups is 2. The van der Waals surface area contributed by atoms with Crippen LogP contribution in [0.4, 0.5) is 18.9 Å². The largest absolute Gasteiger partial charge is 0.433 e. The van der Waals surface area contributed by atoms with Crippen molar-refractivity contribution >= 4 is 29.1 Å². The van der Waals surface area contributed by atoms with Gasteiger partial charge in [0.1, 0.15) is 11.2 Å². The molecule has 2 aliphatic heterocycles. The normalized spacial score (nSPS) is 16.7. The summed E-state index contributed by atoms with van der Waals surface area (Å²) in [5.41, 5.74) is 0.596. The zero-order valence-electron chi connectivity index (χ0n) is 21.5. The fraction of sp³-hybridized carbons (Fsp3) is 0.250. The van der Waals surface area contributed by atoms with Crippen LogP contribution in [0.25, 0.3) is 16.9 Å². The van der Waals surface area contributed by atoms with E-state index in [0.717, 1.165) is 18.0 Å². The molecule has 210 valence electrons. The van der Waals surface area contributed by atoms with Crippen molar-refractivity contribution in [2.45, 2.75) is 24.6 Å². The van der Waals surface area contributed by atoms with Gasteiger partial charge in [-0.05, 0) is 67.4 Å². The molecule has 1 aromatic carbocycles. The van der Waals surface area contributed by atoms with Gasteiger partial charge in [-0.15, -0.1) is 0 Å². The van der Waals surface area contributed by atoms with Crippen LogP contribution in [-0.4, -0.2) is 61.8 Å². The lowest BCUT2D eigenvalue weighted by atomic mass is 9.85. The van der Waals surface area contributed by atoms with Crippen LogP contribution in [0, 0.1) is 0 Å². The molecule has 0 bridgehead atoms. The molecule has 0 saturated carbocycles. The molecule has 2 aliphatic rings. The molecule has 3 aromatic heterocycles. The lowest BCUT2D eigenvalue weighted by Gasteiger charge is -2.43. The minimum atomic E-state index is -4.58. The Labute approximate surface area is 237 Å². The van der Waals surface area contributed by atoms with Gasteiger partial charge in [-0.1, -0.05) is 11.6 Å². The first-order valence-corrected chi connectivity index (χ1v) is 13.2. The standard InChI is InChI=1S/C28H23ClF3N7O2/c29-19-1-3-20(4-2-19)38-17-35-26(41)27(38)9-13-37(14-10-27)25(40)22-15-23(18-7-11-33-12-8-18)39(36-22)21-5-6-24(34-16-21)28(30,31)32/h1-8,11-12,15-16H,9-10,13-14,17H2,(H,35,41). The lowest BCUT2D eigenvalue weighted by molar-refractivity contribution is -0.141. The third-order valence-corrected chi connectivity index (χ3v) is 7.79. The number of carbonyl (C=O) groups excluding carboxylic acids is 2. The van der Waals surface area contributed by atoms with Crippen LogP contribution >= 0.6 is 11.6 Å². The summed E-state index contributed by atoms with van der Waals surface area (Å²) in [6.07, 6.45) is 0.457. The van der Waals surface area contributed by atoms with Crippen molar-refractivity contribution in [1.29, 1.82) is 0 Å². The predicted molar refractivity (Wildman–Crippen MR) is 144 cm³/mol. The monoisotopic (exact) mass is 581 g/mol. The van der Waals surface area contributed by atoms with Gasteiger partial charge in [0.05, 0.1) is 24.2 Å². The van der Waals surface area contributed by atoms with Crippen molar-refractivity contribution in [3.63, 3.8) is 0 Å². The zero-order valence-corrected chi connectivity index (χ0v) is 22.2. The van der Waals surface area contributed by atoms with E-state index in [2.05, 4.69) is 20.4 Å². The van der Waals surface area contributed by atoms with Gasteiger partial charge in [0.15, 0.2) is 5.69 Å². The molecule has 9 nitrogen and oxygen atoms in total. The highest BCUT2D eigenvalue weighted by Crippen LogP contribution is 2.37. The van der Waals surface area contributed by atoms with Crippen LogP contribution < -0.4 is 10.2 Å². The van der Waals surface area contributed by atoms with Crippen molar-refractivity contribution < 1.29 is 22.8 Å². The number of benzene rings is 1. The second-order valence-electron chi connectivity index (χ2n) is 9.85. The lowest BCUT2D eigenvalue weighted by Crippen LogP contribution is -2.57. The molecule has 2 saturated heterocycles. The molecule has 13 heteroatoms. The molecule has 0 unspecified atom stereocenters. The van der Waals surface area contributed by atoms with E-state index in [1.165, 1.54) is 10.7 Å². The number of nitrogens with zero attached hydrogens (tertiary/aromatic N) is 6. The minimum Gasteiger partial charge on any atom is -0.339 e. The van der Waals surface area contributed by atoms with Crippen LogP contribution in [0.5, 0.6) is 0 Å². The fourth-order valence-corrected chi connectivity index (χ4v) is 5.50. The first-order valence-electron chi connectivity index (χ1n) is 12.8. The van der Waals surface area contributed by atoms with Gasteiger partial charge in [-0.25, -0.2) is 9.67 Å². The van der Waals surface area contributed by atoms with Crippen LogP contribution in [0.2, 0.25) is 5.02 Å². The molecule has 6 rings (SSSR count). The van der Waals surface area contributed by atoms with Gasteiger partial charge in [0, 0.05) is 41.8 Å².